The van der Waals surface area contributed by atoms with Crippen LogP contribution in [0, 0.1) is 5.82 Å². The van der Waals surface area contributed by atoms with E-state index in [9.17, 15) is 4.39 Å². The number of halogens is 3. The number of benzene rings is 1. The van der Waals surface area contributed by atoms with Gasteiger partial charge in [0, 0.05) is 15.6 Å². The molecule has 118 valence electrons. The topological polar surface area (TPSA) is 15.3 Å². The number of nitrogens with zero attached hydrogens (tertiary/aromatic N) is 1. The van der Waals surface area contributed by atoms with Crippen molar-refractivity contribution in [2.75, 3.05) is 20.6 Å². The molecular weight excluding hydrogens is 355 g/mol. The van der Waals surface area contributed by atoms with Crippen molar-refractivity contribution in [1.82, 2.24) is 10.2 Å². The highest BCUT2D eigenvalue weighted by Gasteiger charge is 2.44. The van der Waals surface area contributed by atoms with Crippen molar-refractivity contribution in [2.24, 2.45) is 0 Å². The Morgan fingerprint density at radius 3 is 2.52 bits per heavy atom. The molecule has 2 nitrogen and oxygen atoms in total. The van der Waals surface area contributed by atoms with Crippen LogP contribution < -0.4 is 5.32 Å². The Bertz CT molecular complexity index is 501. The molecule has 1 saturated carbocycles. The molecule has 1 atom stereocenters. The minimum atomic E-state index is -0.315. The lowest BCUT2D eigenvalue weighted by atomic mass is 9.82. The third-order valence-electron chi connectivity index (χ3n) is 4.68. The minimum Gasteiger partial charge on any atom is -0.309 e. The SMILES string of the molecule is CCNC(c1ccc(Br)c(Cl)c1F)C1(N(C)C)CCCC1. The Hall–Kier alpha value is -0.160. The average Bonchev–Trinajstić information content (AvgIpc) is 2.94. The van der Waals surface area contributed by atoms with Gasteiger partial charge < -0.3 is 10.2 Å². The lowest BCUT2D eigenvalue weighted by Crippen LogP contribution is -2.52. The highest BCUT2D eigenvalue weighted by Crippen LogP contribution is 2.45. The maximum Gasteiger partial charge on any atom is 0.147 e. The second-order valence-corrected chi connectivity index (χ2v) is 7.19. The Morgan fingerprint density at radius 2 is 2.00 bits per heavy atom. The summed E-state index contributed by atoms with van der Waals surface area (Å²) in [5.74, 6) is -0.315. The van der Waals surface area contributed by atoms with Gasteiger partial charge in [-0.1, -0.05) is 37.4 Å². The largest absolute Gasteiger partial charge is 0.309 e. The lowest BCUT2D eigenvalue weighted by Gasteiger charge is -2.44. The van der Waals surface area contributed by atoms with E-state index in [2.05, 4.69) is 47.2 Å². The van der Waals surface area contributed by atoms with Crippen molar-refractivity contribution in [3.63, 3.8) is 0 Å². The third-order valence-corrected chi connectivity index (χ3v) is 5.94. The standard InChI is InChI=1S/C16H23BrClFN2/c1-4-20-15(16(21(2)3)9-5-6-10-16)11-7-8-12(17)13(18)14(11)19/h7-8,15,20H,4-6,9-10H2,1-3H3. The van der Waals surface area contributed by atoms with Gasteiger partial charge in [-0.3, -0.25) is 0 Å². The third kappa shape index (κ3) is 3.14. The van der Waals surface area contributed by atoms with Crippen LogP contribution in [0.15, 0.2) is 16.6 Å². The minimum absolute atomic E-state index is 0.0476. The second-order valence-electron chi connectivity index (χ2n) is 5.96. The van der Waals surface area contributed by atoms with Crippen molar-refractivity contribution < 1.29 is 4.39 Å². The van der Waals surface area contributed by atoms with E-state index in [1.807, 2.05) is 12.1 Å². The molecule has 1 aliphatic rings. The van der Waals surface area contributed by atoms with Crippen LogP contribution in [0.2, 0.25) is 5.02 Å². The van der Waals surface area contributed by atoms with E-state index in [0.717, 1.165) is 19.4 Å². The maximum absolute atomic E-state index is 14.7. The van der Waals surface area contributed by atoms with Gasteiger partial charge in [0.2, 0.25) is 0 Å². The van der Waals surface area contributed by atoms with E-state index >= 15 is 0 Å². The van der Waals surface area contributed by atoms with Crippen LogP contribution in [-0.4, -0.2) is 31.1 Å². The molecule has 2 rings (SSSR count). The van der Waals surface area contributed by atoms with Crippen LogP contribution >= 0.6 is 27.5 Å². The molecule has 0 aliphatic heterocycles. The van der Waals surface area contributed by atoms with Crippen molar-refractivity contribution in [1.29, 1.82) is 0 Å². The van der Waals surface area contributed by atoms with Crippen molar-refractivity contribution in [3.05, 3.63) is 33.0 Å². The summed E-state index contributed by atoms with van der Waals surface area (Å²) in [6.45, 7) is 2.86. The van der Waals surface area contributed by atoms with Crippen molar-refractivity contribution in [2.45, 2.75) is 44.2 Å². The molecule has 1 aromatic rings. The van der Waals surface area contributed by atoms with Crippen LogP contribution in [0.4, 0.5) is 4.39 Å². The normalized spacial score (nSPS) is 19.2. The molecule has 5 heteroatoms. The molecule has 21 heavy (non-hydrogen) atoms. The highest BCUT2D eigenvalue weighted by atomic mass is 79.9. The fraction of sp³-hybridized carbons (Fsp3) is 0.625. The Balaban J connectivity index is 2.50. The van der Waals surface area contributed by atoms with E-state index < -0.39 is 0 Å². The van der Waals surface area contributed by atoms with Gasteiger partial charge in [-0.15, -0.1) is 0 Å². The van der Waals surface area contributed by atoms with Gasteiger partial charge >= 0.3 is 0 Å². The molecule has 0 bridgehead atoms. The summed E-state index contributed by atoms with van der Waals surface area (Å²) >= 11 is 9.39. The van der Waals surface area contributed by atoms with Gasteiger partial charge in [-0.05, 0) is 55.5 Å². The molecule has 1 aromatic carbocycles. The number of hydrogen-bond acceptors (Lipinski definition) is 2. The Kier molecular flexibility index (Phi) is 5.69. The molecule has 1 unspecified atom stereocenters. The predicted molar refractivity (Wildman–Crippen MR) is 90.4 cm³/mol. The second kappa shape index (κ2) is 6.95. The predicted octanol–water partition coefficient (Wildman–Crippen LogP) is 4.77. The number of likely N-dealkylation sites (N-methyl/N-ethyl adjacent to an activating group) is 2. The molecular formula is C16H23BrClFN2. The van der Waals surface area contributed by atoms with Gasteiger partial charge in [-0.2, -0.15) is 0 Å². The highest BCUT2D eigenvalue weighted by molar-refractivity contribution is 9.10. The zero-order valence-electron chi connectivity index (χ0n) is 12.8. The summed E-state index contributed by atoms with van der Waals surface area (Å²) in [6.07, 6.45) is 4.52. The summed E-state index contributed by atoms with van der Waals surface area (Å²) in [5.41, 5.74) is 0.620. The number of nitrogens with one attached hydrogen (secondary N) is 1. The van der Waals surface area contributed by atoms with Gasteiger partial charge in [0.05, 0.1) is 11.1 Å². The molecule has 0 amide bonds. The van der Waals surface area contributed by atoms with Gasteiger partial charge in [0.1, 0.15) is 5.82 Å². The van der Waals surface area contributed by atoms with E-state index in [-0.39, 0.29) is 22.4 Å². The summed E-state index contributed by atoms with van der Waals surface area (Å²) in [4.78, 5) is 2.25. The number of rotatable bonds is 5. The first kappa shape index (κ1) is 17.2. The first-order valence-corrected chi connectivity index (χ1v) is 8.65. The first-order valence-electron chi connectivity index (χ1n) is 7.48. The van der Waals surface area contributed by atoms with Crippen LogP contribution in [0.3, 0.4) is 0 Å². The van der Waals surface area contributed by atoms with E-state index in [0.29, 0.717) is 10.0 Å². The van der Waals surface area contributed by atoms with Gasteiger partial charge in [0.25, 0.3) is 0 Å². The molecule has 0 saturated heterocycles. The fourth-order valence-electron chi connectivity index (χ4n) is 3.54. The fourth-order valence-corrected chi connectivity index (χ4v) is 4.02. The zero-order valence-corrected chi connectivity index (χ0v) is 15.2. The van der Waals surface area contributed by atoms with Crippen LogP contribution in [0.5, 0.6) is 0 Å². The molecule has 0 aromatic heterocycles. The van der Waals surface area contributed by atoms with Crippen molar-refractivity contribution in [3.8, 4) is 0 Å². The van der Waals surface area contributed by atoms with Crippen LogP contribution in [0.1, 0.15) is 44.2 Å². The summed E-state index contributed by atoms with van der Waals surface area (Å²) in [5, 5.41) is 3.66. The average molecular weight is 378 g/mol. The summed E-state index contributed by atoms with van der Waals surface area (Å²) < 4.78 is 15.3. The maximum atomic E-state index is 14.7. The first-order chi connectivity index (χ1) is 9.94. The molecule has 0 radical (unpaired) electrons. The zero-order chi connectivity index (χ0) is 15.6. The molecule has 0 spiro atoms. The Morgan fingerprint density at radius 1 is 1.38 bits per heavy atom. The van der Waals surface area contributed by atoms with E-state index in [1.165, 1.54) is 12.8 Å². The molecule has 1 aliphatic carbocycles. The summed E-state index contributed by atoms with van der Waals surface area (Å²) in [6, 6.07) is 3.64. The number of hydrogen-bond donors (Lipinski definition) is 1. The smallest absolute Gasteiger partial charge is 0.147 e. The molecule has 1 N–H and O–H groups in total. The van der Waals surface area contributed by atoms with E-state index in [1.54, 1.807) is 0 Å². The molecule has 0 heterocycles. The van der Waals surface area contributed by atoms with Crippen LogP contribution in [0.25, 0.3) is 0 Å². The quantitative estimate of drug-likeness (QED) is 0.744. The van der Waals surface area contributed by atoms with E-state index in [4.69, 9.17) is 11.6 Å². The van der Waals surface area contributed by atoms with Crippen LogP contribution in [-0.2, 0) is 0 Å². The van der Waals surface area contributed by atoms with Crippen molar-refractivity contribution >= 4 is 27.5 Å². The summed E-state index contributed by atoms with van der Waals surface area (Å²) in [7, 11) is 4.18. The van der Waals surface area contributed by atoms with Gasteiger partial charge in [0.15, 0.2) is 0 Å². The van der Waals surface area contributed by atoms with Gasteiger partial charge in [-0.25, -0.2) is 4.39 Å². The monoisotopic (exact) mass is 376 g/mol. The lowest BCUT2D eigenvalue weighted by molar-refractivity contribution is 0.103. The molecule has 1 fully saturated rings. The Labute approximate surface area is 140 Å².